The summed E-state index contributed by atoms with van der Waals surface area (Å²) in [5.74, 6) is -1.44. The quantitative estimate of drug-likeness (QED) is 0.867. The number of rotatable bonds is 5. The number of aromatic carboxylic acids is 1. The first-order chi connectivity index (χ1) is 9.35. The minimum absolute atomic E-state index is 0.0249. The average molecular weight is 296 g/mol. The number of hydrogen-bond acceptors (Lipinski definition) is 5. The van der Waals surface area contributed by atoms with Crippen LogP contribution in [0.2, 0.25) is 0 Å². The Morgan fingerprint density at radius 2 is 2.15 bits per heavy atom. The number of nitrogens with one attached hydrogen (secondary N) is 1. The highest BCUT2D eigenvalue weighted by Crippen LogP contribution is 2.14. The van der Waals surface area contributed by atoms with Crippen LogP contribution in [0.4, 0.5) is 5.88 Å². The van der Waals surface area contributed by atoms with Gasteiger partial charge in [-0.2, -0.15) is 0 Å². The number of aromatic nitrogens is 1. The zero-order chi connectivity index (χ0) is 14.8. The molecule has 0 fully saturated rings. The Bertz CT molecular complexity index is 736. The van der Waals surface area contributed by atoms with Gasteiger partial charge >= 0.3 is 5.97 Å². The van der Waals surface area contributed by atoms with Gasteiger partial charge < -0.3 is 9.63 Å². The van der Waals surface area contributed by atoms with Gasteiger partial charge in [0.2, 0.25) is 15.9 Å². The number of carboxylic acids is 1. The number of hydrogen-bond donors (Lipinski definition) is 2. The molecule has 0 saturated carbocycles. The van der Waals surface area contributed by atoms with E-state index in [1.165, 1.54) is 30.3 Å². The van der Waals surface area contributed by atoms with Crippen molar-refractivity contribution < 1.29 is 22.8 Å². The van der Waals surface area contributed by atoms with E-state index in [1.54, 1.807) is 6.92 Å². The van der Waals surface area contributed by atoms with Crippen LogP contribution in [0.15, 0.2) is 34.9 Å². The second-order valence-corrected chi connectivity index (χ2v) is 5.92. The monoisotopic (exact) mass is 296 g/mol. The standard InChI is InChI=1S/C12H12N2O5S/c1-8-5-11(19-13-8)14-20(17,18)7-9-3-2-4-10(6-9)12(15)16/h2-6,14H,7H2,1H3,(H,15,16). The van der Waals surface area contributed by atoms with Gasteiger partial charge in [0.05, 0.1) is 17.0 Å². The van der Waals surface area contributed by atoms with Crippen LogP contribution in [0.3, 0.4) is 0 Å². The van der Waals surface area contributed by atoms with E-state index in [0.29, 0.717) is 11.3 Å². The highest BCUT2D eigenvalue weighted by atomic mass is 32.2. The summed E-state index contributed by atoms with van der Waals surface area (Å²) in [6.07, 6.45) is 0. The SMILES string of the molecule is Cc1cc(NS(=O)(=O)Cc2cccc(C(=O)O)c2)on1. The molecule has 0 atom stereocenters. The van der Waals surface area contributed by atoms with Crippen molar-refractivity contribution in [3.05, 3.63) is 47.2 Å². The van der Waals surface area contributed by atoms with Gasteiger partial charge in [0.1, 0.15) is 0 Å². The van der Waals surface area contributed by atoms with Crippen molar-refractivity contribution in [2.45, 2.75) is 12.7 Å². The second kappa shape index (κ2) is 5.33. The molecular formula is C12H12N2O5S. The highest BCUT2D eigenvalue weighted by Gasteiger charge is 2.15. The smallest absolute Gasteiger partial charge is 0.335 e. The molecule has 106 valence electrons. The van der Waals surface area contributed by atoms with E-state index in [-0.39, 0.29) is 17.2 Å². The van der Waals surface area contributed by atoms with Crippen LogP contribution in [0, 0.1) is 6.92 Å². The fourth-order valence-corrected chi connectivity index (χ4v) is 2.71. The van der Waals surface area contributed by atoms with E-state index in [1.807, 2.05) is 0 Å². The topological polar surface area (TPSA) is 110 Å². The molecule has 2 rings (SSSR count). The summed E-state index contributed by atoms with van der Waals surface area (Å²) in [6, 6.07) is 7.19. The predicted octanol–water partition coefficient (Wildman–Crippen LogP) is 1.62. The van der Waals surface area contributed by atoms with E-state index < -0.39 is 16.0 Å². The Hall–Kier alpha value is -2.35. The molecule has 1 aromatic heterocycles. The van der Waals surface area contributed by atoms with Crippen molar-refractivity contribution in [3.63, 3.8) is 0 Å². The molecule has 1 heterocycles. The number of carboxylic acid groups (broad SMARTS) is 1. The molecule has 0 bridgehead atoms. The fraction of sp³-hybridized carbons (Fsp3) is 0.167. The lowest BCUT2D eigenvalue weighted by molar-refractivity contribution is 0.0696. The lowest BCUT2D eigenvalue weighted by atomic mass is 10.1. The Balaban J connectivity index is 2.15. The zero-order valence-corrected chi connectivity index (χ0v) is 11.3. The first kappa shape index (κ1) is 14.1. The third-order valence-electron chi connectivity index (χ3n) is 2.41. The van der Waals surface area contributed by atoms with Crippen molar-refractivity contribution in [2.75, 3.05) is 4.72 Å². The van der Waals surface area contributed by atoms with Crippen LogP contribution < -0.4 is 4.72 Å². The van der Waals surface area contributed by atoms with Gasteiger partial charge in [0, 0.05) is 6.07 Å². The van der Waals surface area contributed by atoms with Gasteiger partial charge in [0.15, 0.2) is 0 Å². The van der Waals surface area contributed by atoms with Crippen molar-refractivity contribution in [2.24, 2.45) is 0 Å². The third-order valence-corrected chi connectivity index (χ3v) is 3.64. The van der Waals surface area contributed by atoms with Crippen LogP contribution in [0.1, 0.15) is 21.6 Å². The van der Waals surface area contributed by atoms with Crippen molar-refractivity contribution >= 4 is 21.9 Å². The molecule has 0 saturated heterocycles. The lowest BCUT2D eigenvalue weighted by Gasteiger charge is -2.05. The van der Waals surface area contributed by atoms with Crippen LogP contribution in [-0.4, -0.2) is 24.7 Å². The summed E-state index contributed by atoms with van der Waals surface area (Å²) < 4.78 is 30.8. The largest absolute Gasteiger partial charge is 0.478 e. The van der Waals surface area contributed by atoms with Gasteiger partial charge in [-0.15, -0.1) is 0 Å². The number of sulfonamides is 1. The Morgan fingerprint density at radius 1 is 1.40 bits per heavy atom. The number of aryl methyl sites for hydroxylation is 1. The molecule has 0 aliphatic rings. The zero-order valence-electron chi connectivity index (χ0n) is 10.5. The lowest BCUT2D eigenvalue weighted by Crippen LogP contribution is -2.15. The Labute approximate surface area is 115 Å². The van der Waals surface area contributed by atoms with E-state index >= 15 is 0 Å². The van der Waals surface area contributed by atoms with Gasteiger partial charge in [-0.3, -0.25) is 4.72 Å². The van der Waals surface area contributed by atoms with E-state index in [9.17, 15) is 13.2 Å². The summed E-state index contributed by atoms with van der Waals surface area (Å²) in [7, 11) is -3.69. The van der Waals surface area contributed by atoms with E-state index in [4.69, 9.17) is 9.63 Å². The summed E-state index contributed by atoms with van der Waals surface area (Å²) in [5.41, 5.74) is 0.956. The molecule has 0 spiro atoms. The minimum atomic E-state index is -3.69. The van der Waals surface area contributed by atoms with Crippen molar-refractivity contribution in [1.82, 2.24) is 5.16 Å². The average Bonchev–Trinajstić information content (AvgIpc) is 2.73. The second-order valence-electron chi connectivity index (χ2n) is 4.20. The maximum atomic E-state index is 11.9. The highest BCUT2D eigenvalue weighted by molar-refractivity contribution is 7.91. The Kier molecular flexibility index (Phi) is 3.75. The molecule has 8 heteroatoms. The van der Waals surface area contributed by atoms with Gasteiger partial charge in [-0.05, 0) is 24.6 Å². The molecule has 0 aliphatic carbocycles. The molecule has 1 aromatic carbocycles. The predicted molar refractivity (Wildman–Crippen MR) is 70.9 cm³/mol. The first-order valence-electron chi connectivity index (χ1n) is 5.62. The van der Waals surface area contributed by atoms with Crippen molar-refractivity contribution in [1.29, 1.82) is 0 Å². The Morgan fingerprint density at radius 3 is 2.75 bits per heavy atom. The first-order valence-corrected chi connectivity index (χ1v) is 7.27. The van der Waals surface area contributed by atoms with Gasteiger partial charge in [-0.1, -0.05) is 17.3 Å². The fourth-order valence-electron chi connectivity index (χ4n) is 1.61. The number of anilines is 1. The van der Waals surface area contributed by atoms with Crippen LogP contribution in [0.25, 0.3) is 0 Å². The number of nitrogens with zero attached hydrogens (tertiary/aromatic N) is 1. The summed E-state index contributed by atoms with van der Waals surface area (Å²) >= 11 is 0. The van der Waals surface area contributed by atoms with Crippen molar-refractivity contribution in [3.8, 4) is 0 Å². The summed E-state index contributed by atoms with van der Waals surface area (Å²) in [5, 5.41) is 12.4. The number of carbonyl (C=O) groups is 1. The molecule has 0 unspecified atom stereocenters. The molecule has 0 aliphatic heterocycles. The number of benzene rings is 1. The van der Waals surface area contributed by atoms with E-state index in [0.717, 1.165) is 0 Å². The third kappa shape index (κ3) is 3.58. The maximum absolute atomic E-state index is 11.9. The van der Waals surface area contributed by atoms with Crippen LogP contribution in [0.5, 0.6) is 0 Å². The molecule has 2 aromatic rings. The summed E-state index contributed by atoms with van der Waals surface area (Å²) in [6.45, 7) is 1.66. The van der Waals surface area contributed by atoms with E-state index in [2.05, 4.69) is 9.88 Å². The van der Waals surface area contributed by atoms with Crippen LogP contribution >= 0.6 is 0 Å². The molecule has 0 radical (unpaired) electrons. The normalized spacial score (nSPS) is 11.2. The maximum Gasteiger partial charge on any atom is 0.335 e. The minimum Gasteiger partial charge on any atom is -0.478 e. The molecule has 2 N–H and O–H groups in total. The molecule has 7 nitrogen and oxygen atoms in total. The van der Waals surface area contributed by atoms with Crippen LogP contribution in [-0.2, 0) is 15.8 Å². The molecular weight excluding hydrogens is 284 g/mol. The van der Waals surface area contributed by atoms with Gasteiger partial charge in [-0.25, -0.2) is 13.2 Å². The molecule has 20 heavy (non-hydrogen) atoms. The van der Waals surface area contributed by atoms with Gasteiger partial charge in [0.25, 0.3) is 0 Å². The summed E-state index contributed by atoms with van der Waals surface area (Å²) in [4.78, 5) is 10.8. The molecule has 0 amide bonds.